The number of carbonyl (C=O) groups excluding carboxylic acids is 2. The minimum atomic E-state index is -0.568. The number of nitrogens with zero attached hydrogens (tertiary/aromatic N) is 2. The Hall–Kier alpha value is -1.33. The summed E-state index contributed by atoms with van der Waals surface area (Å²) in [5.41, 5.74) is -0.540. The summed E-state index contributed by atoms with van der Waals surface area (Å²) in [7, 11) is 0. The first-order valence-electron chi connectivity index (χ1n) is 7.50. The third-order valence-electron chi connectivity index (χ3n) is 3.36. The van der Waals surface area contributed by atoms with E-state index in [1.807, 2.05) is 20.8 Å². The highest BCUT2D eigenvalue weighted by Gasteiger charge is 2.35. The number of rotatable bonds is 4. The third kappa shape index (κ3) is 5.17. The molecule has 1 aliphatic rings. The van der Waals surface area contributed by atoms with Crippen molar-refractivity contribution in [1.29, 1.82) is 0 Å². The van der Waals surface area contributed by atoms with Crippen LogP contribution in [-0.4, -0.2) is 59.8 Å². The topological polar surface area (TPSA) is 49.9 Å². The maximum Gasteiger partial charge on any atom is 0.410 e. The summed E-state index contributed by atoms with van der Waals surface area (Å²) in [5, 5.41) is 0. The molecule has 0 bridgehead atoms. The molecular weight excluding hydrogens is 275 g/mol. The highest BCUT2D eigenvalue weighted by Crippen LogP contribution is 2.20. The standard InChI is InChI=1S/C15H27FN2O3/c1-11(2)13(19)18(9-7-16)12-6-8-17(10-12)14(20)21-15(3,4)5/h11-12H,6-10H2,1-5H3. The number of ether oxygens (including phenoxy) is 1. The van der Waals surface area contributed by atoms with Crippen molar-refractivity contribution < 1.29 is 18.7 Å². The minimum absolute atomic E-state index is 0.0660. The maximum absolute atomic E-state index is 12.7. The second kappa shape index (κ2) is 7.09. The molecule has 5 nitrogen and oxygen atoms in total. The van der Waals surface area contributed by atoms with Gasteiger partial charge in [-0.1, -0.05) is 13.8 Å². The van der Waals surface area contributed by atoms with Crippen molar-refractivity contribution in [3.8, 4) is 0 Å². The molecule has 0 aromatic heterocycles. The van der Waals surface area contributed by atoms with E-state index in [1.165, 1.54) is 0 Å². The molecule has 1 heterocycles. The molecule has 6 heteroatoms. The normalized spacial score (nSPS) is 19.0. The minimum Gasteiger partial charge on any atom is -0.444 e. The predicted molar refractivity (Wildman–Crippen MR) is 78.7 cm³/mol. The van der Waals surface area contributed by atoms with Gasteiger partial charge in [0.2, 0.25) is 5.91 Å². The molecule has 122 valence electrons. The molecule has 1 rings (SSSR count). The molecule has 1 aliphatic heterocycles. The molecule has 21 heavy (non-hydrogen) atoms. The molecule has 1 atom stereocenters. The van der Waals surface area contributed by atoms with Crippen LogP contribution in [0.15, 0.2) is 0 Å². The Morgan fingerprint density at radius 1 is 1.38 bits per heavy atom. The molecule has 0 radical (unpaired) electrons. The van der Waals surface area contributed by atoms with Gasteiger partial charge in [0.1, 0.15) is 12.3 Å². The Labute approximate surface area is 126 Å². The Kier molecular flexibility index (Phi) is 5.98. The van der Waals surface area contributed by atoms with Crippen molar-refractivity contribution in [2.75, 3.05) is 26.3 Å². The quantitative estimate of drug-likeness (QED) is 0.801. The van der Waals surface area contributed by atoms with Gasteiger partial charge in [-0.3, -0.25) is 4.79 Å². The number of alkyl halides is 1. The first-order chi connectivity index (χ1) is 9.65. The predicted octanol–water partition coefficient (Wildman–Crippen LogP) is 2.45. The number of likely N-dealkylation sites (tertiary alicyclic amines) is 1. The lowest BCUT2D eigenvalue weighted by Gasteiger charge is -2.30. The molecule has 0 spiro atoms. The van der Waals surface area contributed by atoms with Crippen LogP contribution in [0.25, 0.3) is 0 Å². The zero-order valence-electron chi connectivity index (χ0n) is 13.7. The highest BCUT2D eigenvalue weighted by atomic mass is 19.1. The van der Waals surface area contributed by atoms with Gasteiger partial charge in [-0.25, -0.2) is 9.18 Å². The van der Waals surface area contributed by atoms with E-state index in [9.17, 15) is 14.0 Å². The fourth-order valence-electron chi connectivity index (χ4n) is 2.38. The number of amides is 2. The number of halogens is 1. The van der Waals surface area contributed by atoms with E-state index in [4.69, 9.17) is 4.74 Å². The van der Waals surface area contributed by atoms with Crippen molar-refractivity contribution in [1.82, 2.24) is 9.80 Å². The average molecular weight is 302 g/mol. The van der Waals surface area contributed by atoms with E-state index in [2.05, 4.69) is 0 Å². The van der Waals surface area contributed by atoms with Crippen LogP contribution in [0.1, 0.15) is 41.0 Å². The van der Waals surface area contributed by atoms with Crippen LogP contribution in [0.5, 0.6) is 0 Å². The summed E-state index contributed by atoms with van der Waals surface area (Å²) in [4.78, 5) is 27.3. The van der Waals surface area contributed by atoms with Crippen LogP contribution in [0.4, 0.5) is 9.18 Å². The SMILES string of the molecule is CC(C)C(=O)N(CCF)C1CCN(C(=O)OC(C)(C)C)C1. The van der Waals surface area contributed by atoms with E-state index in [0.717, 1.165) is 0 Å². The summed E-state index contributed by atoms with van der Waals surface area (Å²) in [5.74, 6) is -0.240. The fraction of sp³-hybridized carbons (Fsp3) is 0.867. The van der Waals surface area contributed by atoms with E-state index in [0.29, 0.717) is 19.5 Å². The van der Waals surface area contributed by atoms with Gasteiger partial charge in [0.25, 0.3) is 0 Å². The van der Waals surface area contributed by atoms with Crippen LogP contribution in [0.3, 0.4) is 0 Å². The summed E-state index contributed by atoms with van der Waals surface area (Å²) in [6.07, 6.45) is 0.291. The van der Waals surface area contributed by atoms with Crippen LogP contribution >= 0.6 is 0 Å². The lowest BCUT2D eigenvalue weighted by molar-refractivity contribution is -0.136. The van der Waals surface area contributed by atoms with Crippen LogP contribution in [0, 0.1) is 5.92 Å². The van der Waals surface area contributed by atoms with Crippen LogP contribution in [-0.2, 0) is 9.53 Å². The summed E-state index contributed by atoms with van der Waals surface area (Å²) < 4.78 is 18.0. The summed E-state index contributed by atoms with van der Waals surface area (Å²) >= 11 is 0. The van der Waals surface area contributed by atoms with Crippen molar-refractivity contribution in [2.24, 2.45) is 5.92 Å². The third-order valence-corrected chi connectivity index (χ3v) is 3.36. The second-order valence-corrected chi connectivity index (χ2v) is 6.74. The van der Waals surface area contributed by atoms with Gasteiger partial charge in [-0.05, 0) is 27.2 Å². The van der Waals surface area contributed by atoms with Gasteiger partial charge in [0, 0.05) is 25.6 Å². The molecule has 0 aromatic rings. The number of hydrogen-bond acceptors (Lipinski definition) is 3. The van der Waals surface area contributed by atoms with Crippen molar-refractivity contribution in [2.45, 2.75) is 52.7 Å². The van der Waals surface area contributed by atoms with Gasteiger partial charge in [-0.15, -0.1) is 0 Å². The average Bonchev–Trinajstić information content (AvgIpc) is 2.82. The van der Waals surface area contributed by atoms with E-state index in [-0.39, 0.29) is 30.5 Å². The van der Waals surface area contributed by atoms with Crippen molar-refractivity contribution in [3.63, 3.8) is 0 Å². The van der Waals surface area contributed by atoms with Crippen molar-refractivity contribution >= 4 is 12.0 Å². The summed E-state index contributed by atoms with van der Waals surface area (Å²) in [6, 6.07) is -0.122. The Morgan fingerprint density at radius 2 is 2.00 bits per heavy atom. The van der Waals surface area contributed by atoms with Crippen molar-refractivity contribution in [3.05, 3.63) is 0 Å². The lowest BCUT2D eigenvalue weighted by Crippen LogP contribution is -2.46. The second-order valence-electron chi connectivity index (χ2n) is 6.74. The van der Waals surface area contributed by atoms with E-state index < -0.39 is 12.3 Å². The lowest BCUT2D eigenvalue weighted by atomic mass is 10.1. The Bertz CT molecular complexity index is 380. The van der Waals surface area contributed by atoms with Gasteiger partial charge in [-0.2, -0.15) is 0 Å². The zero-order valence-corrected chi connectivity index (χ0v) is 13.7. The molecule has 0 saturated carbocycles. The molecule has 0 aliphatic carbocycles. The molecular formula is C15H27FN2O3. The van der Waals surface area contributed by atoms with Gasteiger partial charge < -0.3 is 14.5 Å². The summed E-state index contributed by atoms with van der Waals surface area (Å²) in [6.45, 7) is 9.51. The molecule has 1 fully saturated rings. The number of carbonyl (C=O) groups is 2. The molecule has 1 saturated heterocycles. The monoisotopic (exact) mass is 302 g/mol. The largest absolute Gasteiger partial charge is 0.444 e. The van der Waals surface area contributed by atoms with Gasteiger partial charge >= 0.3 is 6.09 Å². The van der Waals surface area contributed by atoms with Crippen LogP contribution < -0.4 is 0 Å². The van der Waals surface area contributed by atoms with E-state index >= 15 is 0 Å². The van der Waals surface area contributed by atoms with Crippen LogP contribution in [0.2, 0.25) is 0 Å². The van der Waals surface area contributed by atoms with Gasteiger partial charge in [0.05, 0.1) is 6.04 Å². The van der Waals surface area contributed by atoms with E-state index in [1.54, 1.807) is 23.6 Å². The fourth-order valence-corrected chi connectivity index (χ4v) is 2.38. The molecule has 2 amide bonds. The van der Waals surface area contributed by atoms with Gasteiger partial charge in [0.15, 0.2) is 0 Å². The molecule has 1 unspecified atom stereocenters. The smallest absolute Gasteiger partial charge is 0.410 e. The first-order valence-corrected chi connectivity index (χ1v) is 7.50. The highest BCUT2D eigenvalue weighted by molar-refractivity contribution is 5.78. The Morgan fingerprint density at radius 3 is 2.48 bits per heavy atom. The maximum atomic E-state index is 12.7. The zero-order chi connectivity index (χ0) is 16.2. The first kappa shape index (κ1) is 17.7. The molecule has 0 aromatic carbocycles. The Balaban J connectivity index is 2.66. The number of hydrogen-bond donors (Lipinski definition) is 0. The molecule has 0 N–H and O–H groups in total.